The summed E-state index contributed by atoms with van der Waals surface area (Å²) in [7, 11) is 3.44. The molecule has 0 aliphatic heterocycles. The molecule has 1 aromatic heterocycles. The van der Waals surface area contributed by atoms with Crippen LogP contribution < -0.4 is 14.7 Å². The maximum Gasteiger partial charge on any atom is 0.418 e. The van der Waals surface area contributed by atoms with Gasteiger partial charge in [-0.05, 0) is 57.2 Å². The number of alkyl halides is 3. The number of aryl methyl sites for hydroxylation is 1. The molecule has 1 aliphatic rings. The monoisotopic (exact) mass is 436 g/mol. The van der Waals surface area contributed by atoms with Gasteiger partial charge in [0.15, 0.2) is 0 Å². The van der Waals surface area contributed by atoms with Gasteiger partial charge in [-0.3, -0.25) is 0 Å². The van der Waals surface area contributed by atoms with Crippen molar-refractivity contribution in [3.05, 3.63) is 29.6 Å². The highest BCUT2D eigenvalue weighted by atomic mass is 19.4. The number of rotatable bonds is 9. The molecule has 0 saturated heterocycles. The summed E-state index contributed by atoms with van der Waals surface area (Å²) in [4.78, 5) is 18.8. The lowest BCUT2D eigenvalue weighted by atomic mass is 10.1. The van der Waals surface area contributed by atoms with Crippen molar-refractivity contribution in [2.45, 2.75) is 46.2 Å². The summed E-state index contributed by atoms with van der Waals surface area (Å²) in [6.07, 6.45) is -1.16. The van der Waals surface area contributed by atoms with Crippen LogP contribution in [0.2, 0.25) is 0 Å². The Morgan fingerprint density at radius 1 is 1.03 bits per heavy atom. The molecule has 1 aliphatic carbocycles. The van der Waals surface area contributed by atoms with Gasteiger partial charge in [-0.25, -0.2) is 0 Å². The molecule has 9 heteroatoms. The standard InChI is InChI=1S/C22H31F3N6/c1-6-12-30(14-16-8-9-16)20-26-15(3)27-21(28-20)31(7-2)19-11-10-17(29(4)5)13-18(19)22(23,24)25/h10-11,13,16H,6-9,12,14H2,1-5H3. The molecule has 3 rings (SSSR count). The first-order chi connectivity index (χ1) is 14.6. The molecule has 0 N–H and O–H groups in total. The molecule has 2 aromatic rings. The Hall–Kier alpha value is -2.58. The zero-order valence-electron chi connectivity index (χ0n) is 18.9. The van der Waals surface area contributed by atoms with Gasteiger partial charge in [-0.15, -0.1) is 0 Å². The van der Waals surface area contributed by atoms with Crippen LogP contribution in [0.15, 0.2) is 18.2 Å². The molecule has 0 bridgehead atoms. The third-order valence-electron chi connectivity index (χ3n) is 5.33. The zero-order valence-corrected chi connectivity index (χ0v) is 18.9. The molecule has 0 atom stereocenters. The van der Waals surface area contributed by atoms with Crippen molar-refractivity contribution in [3.8, 4) is 0 Å². The Labute approximate surface area is 182 Å². The molecule has 170 valence electrons. The molecule has 0 unspecified atom stereocenters. The highest BCUT2D eigenvalue weighted by molar-refractivity contribution is 5.67. The first-order valence-corrected chi connectivity index (χ1v) is 10.8. The van der Waals surface area contributed by atoms with Crippen molar-refractivity contribution in [2.24, 2.45) is 5.92 Å². The van der Waals surface area contributed by atoms with E-state index in [0.29, 0.717) is 29.9 Å². The lowest BCUT2D eigenvalue weighted by Crippen LogP contribution is -2.30. The Bertz CT molecular complexity index is 895. The first-order valence-electron chi connectivity index (χ1n) is 10.8. The lowest BCUT2D eigenvalue weighted by molar-refractivity contribution is -0.137. The summed E-state index contributed by atoms with van der Waals surface area (Å²) in [6.45, 7) is 7.61. The van der Waals surface area contributed by atoms with E-state index in [1.54, 1.807) is 38.9 Å². The fourth-order valence-corrected chi connectivity index (χ4v) is 3.56. The highest BCUT2D eigenvalue weighted by Gasteiger charge is 2.36. The van der Waals surface area contributed by atoms with E-state index in [1.807, 2.05) is 0 Å². The van der Waals surface area contributed by atoms with Gasteiger partial charge in [-0.2, -0.15) is 28.1 Å². The molecule has 1 heterocycles. The largest absolute Gasteiger partial charge is 0.418 e. The maximum absolute atomic E-state index is 13.9. The topological polar surface area (TPSA) is 48.4 Å². The third-order valence-corrected chi connectivity index (χ3v) is 5.33. The van der Waals surface area contributed by atoms with Crippen molar-refractivity contribution in [1.29, 1.82) is 0 Å². The molecule has 6 nitrogen and oxygen atoms in total. The second-order valence-electron chi connectivity index (χ2n) is 8.21. The molecular weight excluding hydrogens is 405 g/mol. The van der Waals surface area contributed by atoms with Gasteiger partial charge in [-0.1, -0.05) is 6.92 Å². The number of aromatic nitrogens is 3. The van der Waals surface area contributed by atoms with Gasteiger partial charge < -0.3 is 14.7 Å². The van der Waals surface area contributed by atoms with Gasteiger partial charge in [0, 0.05) is 39.4 Å². The Morgan fingerprint density at radius 2 is 1.71 bits per heavy atom. The van der Waals surface area contributed by atoms with Crippen molar-refractivity contribution in [3.63, 3.8) is 0 Å². The molecule has 1 fully saturated rings. The van der Waals surface area contributed by atoms with Crippen molar-refractivity contribution >= 4 is 23.3 Å². The zero-order chi connectivity index (χ0) is 22.8. The van der Waals surface area contributed by atoms with E-state index in [0.717, 1.165) is 19.5 Å². The van der Waals surface area contributed by atoms with E-state index in [4.69, 9.17) is 0 Å². The summed E-state index contributed by atoms with van der Waals surface area (Å²) in [5.74, 6) is 1.91. The Balaban J connectivity index is 2.05. The van der Waals surface area contributed by atoms with E-state index in [1.165, 1.54) is 29.9 Å². The van der Waals surface area contributed by atoms with Crippen LogP contribution in [0.1, 0.15) is 44.5 Å². The summed E-state index contributed by atoms with van der Waals surface area (Å²) in [5, 5.41) is 0. The fraction of sp³-hybridized carbons (Fsp3) is 0.591. The Morgan fingerprint density at radius 3 is 2.26 bits per heavy atom. The second kappa shape index (κ2) is 9.28. The van der Waals surface area contributed by atoms with E-state index in [-0.39, 0.29) is 11.6 Å². The minimum atomic E-state index is -4.50. The van der Waals surface area contributed by atoms with E-state index in [9.17, 15) is 13.2 Å². The fourth-order valence-electron chi connectivity index (χ4n) is 3.56. The second-order valence-corrected chi connectivity index (χ2v) is 8.21. The molecule has 0 spiro atoms. The summed E-state index contributed by atoms with van der Waals surface area (Å²) >= 11 is 0. The molecular formula is C22H31F3N6. The van der Waals surface area contributed by atoms with Gasteiger partial charge in [0.1, 0.15) is 5.82 Å². The minimum Gasteiger partial charge on any atom is -0.378 e. The predicted molar refractivity (Wildman–Crippen MR) is 118 cm³/mol. The van der Waals surface area contributed by atoms with Crippen LogP contribution in [0.3, 0.4) is 0 Å². The summed E-state index contributed by atoms with van der Waals surface area (Å²) < 4.78 is 41.8. The Kier molecular flexibility index (Phi) is 6.91. The van der Waals surface area contributed by atoms with Crippen LogP contribution in [-0.4, -0.2) is 48.7 Å². The molecule has 1 aromatic carbocycles. The van der Waals surface area contributed by atoms with E-state index < -0.39 is 11.7 Å². The number of hydrogen-bond acceptors (Lipinski definition) is 6. The van der Waals surface area contributed by atoms with Gasteiger partial charge >= 0.3 is 6.18 Å². The predicted octanol–water partition coefficient (Wildman–Crippen LogP) is 5.05. The van der Waals surface area contributed by atoms with Crippen molar-refractivity contribution in [2.75, 3.05) is 48.4 Å². The average Bonchev–Trinajstić information content (AvgIpc) is 3.51. The quantitative estimate of drug-likeness (QED) is 0.548. The minimum absolute atomic E-state index is 0.0429. The molecule has 0 radical (unpaired) electrons. The first kappa shape index (κ1) is 23.1. The summed E-state index contributed by atoms with van der Waals surface area (Å²) in [6, 6.07) is 4.34. The third kappa shape index (κ3) is 5.57. The van der Waals surface area contributed by atoms with Crippen LogP contribution in [-0.2, 0) is 6.18 Å². The van der Waals surface area contributed by atoms with Crippen LogP contribution in [0.5, 0.6) is 0 Å². The number of halogens is 3. The van der Waals surface area contributed by atoms with Crippen LogP contribution in [0.25, 0.3) is 0 Å². The number of benzene rings is 1. The smallest absolute Gasteiger partial charge is 0.378 e. The van der Waals surface area contributed by atoms with Gasteiger partial charge in [0.25, 0.3) is 0 Å². The van der Waals surface area contributed by atoms with Gasteiger partial charge in [0.2, 0.25) is 11.9 Å². The normalized spacial score (nSPS) is 13.9. The molecule has 0 amide bonds. The van der Waals surface area contributed by atoms with Crippen LogP contribution in [0.4, 0.5) is 36.4 Å². The van der Waals surface area contributed by atoms with Gasteiger partial charge in [0.05, 0.1) is 11.3 Å². The SMILES string of the molecule is CCCN(CC1CC1)c1nc(C)nc(N(CC)c2ccc(N(C)C)cc2C(F)(F)F)n1. The van der Waals surface area contributed by atoms with E-state index in [2.05, 4.69) is 26.8 Å². The lowest BCUT2D eigenvalue weighted by Gasteiger charge is -2.28. The number of hydrogen-bond donors (Lipinski definition) is 0. The van der Waals surface area contributed by atoms with Crippen LogP contribution >= 0.6 is 0 Å². The average molecular weight is 437 g/mol. The van der Waals surface area contributed by atoms with Crippen LogP contribution in [0, 0.1) is 12.8 Å². The van der Waals surface area contributed by atoms with E-state index >= 15 is 0 Å². The highest BCUT2D eigenvalue weighted by Crippen LogP contribution is 2.40. The van der Waals surface area contributed by atoms with Crippen molar-refractivity contribution in [1.82, 2.24) is 15.0 Å². The van der Waals surface area contributed by atoms with Crippen molar-refractivity contribution < 1.29 is 13.2 Å². The number of nitrogens with zero attached hydrogens (tertiary/aromatic N) is 6. The molecule has 31 heavy (non-hydrogen) atoms. The number of anilines is 4. The summed E-state index contributed by atoms with van der Waals surface area (Å²) in [5.41, 5.74) is -0.178. The molecule has 1 saturated carbocycles. The maximum atomic E-state index is 13.9.